The molecule has 0 radical (unpaired) electrons. The molecular formula is C31H47NO8S. The molecule has 10 heteroatoms. The molecule has 41 heavy (non-hydrogen) atoms. The van der Waals surface area contributed by atoms with Gasteiger partial charge < -0.3 is 19.9 Å². The summed E-state index contributed by atoms with van der Waals surface area (Å²) in [5.74, 6) is 3.35. The third-order valence-corrected chi connectivity index (χ3v) is 10.5. The van der Waals surface area contributed by atoms with Gasteiger partial charge >= 0.3 is 0 Å². The van der Waals surface area contributed by atoms with Crippen LogP contribution >= 0.6 is 0 Å². The van der Waals surface area contributed by atoms with Crippen molar-refractivity contribution in [2.75, 3.05) is 19.4 Å². The summed E-state index contributed by atoms with van der Waals surface area (Å²) in [5, 5.41) is 13.2. The second kappa shape index (κ2) is 12.0. The Balaban J connectivity index is 0.000000559. The van der Waals surface area contributed by atoms with E-state index in [9.17, 15) is 13.5 Å². The number of benzene rings is 1. The molecule has 8 rings (SSSR count). The molecule has 1 heterocycles. The van der Waals surface area contributed by atoms with E-state index < -0.39 is 21.7 Å². The lowest BCUT2D eigenvalue weighted by atomic mass is 9.53. The Bertz CT molecular complexity index is 1090. The summed E-state index contributed by atoms with van der Waals surface area (Å²) < 4.78 is 38.7. The molecule has 0 amide bonds. The van der Waals surface area contributed by atoms with E-state index in [0.717, 1.165) is 75.5 Å². The van der Waals surface area contributed by atoms with E-state index in [0.29, 0.717) is 36.7 Å². The van der Waals surface area contributed by atoms with Gasteiger partial charge in [-0.2, -0.15) is 18.2 Å². The quantitative estimate of drug-likeness (QED) is 0.239. The lowest BCUT2D eigenvalue weighted by Gasteiger charge is -2.57. The van der Waals surface area contributed by atoms with Crippen LogP contribution in [0.15, 0.2) is 24.3 Å². The van der Waals surface area contributed by atoms with Crippen molar-refractivity contribution >= 4 is 10.1 Å². The van der Waals surface area contributed by atoms with Crippen LogP contribution in [0.3, 0.4) is 0 Å². The maximum Gasteiger partial charge on any atom is 0.261 e. The van der Waals surface area contributed by atoms with Gasteiger partial charge in [-0.1, -0.05) is 12.1 Å². The Morgan fingerprint density at radius 3 is 2.07 bits per heavy atom. The summed E-state index contributed by atoms with van der Waals surface area (Å²) in [6, 6.07) is 9.23. The molecule has 3 N–H and O–H groups in total. The number of aliphatic hydroxyl groups excluding tert-OH is 1. The van der Waals surface area contributed by atoms with Crippen molar-refractivity contribution in [2.45, 2.75) is 113 Å². The van der Waals surface area contributed by atoms with Crippen molar-refractivity contribution in [3.8, 4) is 5.75 Å². The second-order valence-electron chi connectivity index (χ2n) is 13.6. The van der Waals surface area contributed by atoms with E-state index in [4.69, 9.17) is 23.8 Å². The van der Waals surface area contributed by atoms with E-state index in [2.05, 4.69) is 29.6 Å². The van der Waals surface area contributed by atoms with Gasteiger partial charge in [0, 0.05) is 37.3 Å². The van der Waals surface area contributed by atoms with Crippen LogP contribution in [0.1, 0.15) is 95.0 Å². The first-order valence-electron chi connectivity index (χ1n) is 15.7. The Morgan fingerprint density at radius 1 is 0.902 bits per heavy atom. The first kappa shape index (κ1) is 29.8. The summed E-state index contributed by atoms with van der Waals surface area (Å²) in [5.41, 5.74) is 1.39. The van der Waals surface area contributed by atoms with E-state index in [1.54, 1.807) is 0 Å². The van der Waals surface area contributed by atoms with Crippen LogP contribution in [0, 0.1) is 23.7 Å². The van der Waals surface area contributed by atoms with Gasteiger partial charge in [0.2, 0.25) is 11.6 Å². The van der Waals surface area contributed by atoms with Crippen molar-refractivity contribution in [3.63, 3.8) is 0 Å². The molecule has 0 unspecified atom stereocenters. The number of hydrogen-bond donors (Lipinski definition) is 3. The molecule has 1 aliphatic heterocycles. The largest absolute Gasteiger partial charge is 0.492 e. The van der Waals surface area contributed by atoms with Crippen LogP contribution in [-0.4, -0.2) is 61.2 Å². The molecule has 1 aromatic carbocycles. The highest BCUT2D eigenvalue weighted by molar-refractivity contribution is 7.85. The van der Waals surface area contributed by atoms with Crippen LogP contribution in [0.4, 0.5) is 0 Å². The Morgan fingerprint density at radius 2 is 1.49 bits per heavy atom. The fraction of sp³-hybridized carbons (Fsp3) is 0.806. The van der Waals surface area contributed by atoms with Crippen LogP contribution in [-0.2, 0) is 24.6 Å². The van der Waals surface area contributed by atoms with Crippen LogP contribution in [0.2, 0.25) is 0 Å². The summed E-state index contributed by atoms with van der Waals surface area (Å²) in [4.78, 5) is 12.3. The van der Waals surface area contributed by atoms with Gasteiger partial charge in [0.25, 0.3) is 10.1 Å². The number of nitrogens with one attached hydrogen (secondary N) is 1. The van der Waals surface area contributed by atoms with Gasteiger partial charge in [0.1, 0.15) is 12.4 Å². The number of aliphatic hydroxyl groups is 1. The minimum Gasteiger partial charge on any atom is -0.492 e. The van der Waals surface area contributed by atoms with Gasteiger partial charge in [-0.25, -0.2) is 0 Å². The maximum atomic E-state index is 9.64. The third kappa shape index (κ3) is 6.95. The molecule has 2 spiro atoms. The highest BCUT2D eigenvalue weighted by atomic mass is 32.2. The van der Waals surface area contributed by atoms with Crippen molar-refractivity contribution in [3.05, 3.63) is 29.8 Å². The molecule has 7 fully saturated rings. The summed E-state index contributed by atoms with van der Waals surface area (Å²) in [7, 11) is -3.67. The smallest absolute Gasteiger partial charge is 0.261 e. The van der Waals surface area contributed by atoms with E-state index >= 15 is 0 Å². The van der Waals surface area contributed by atoms with Gasteiger partial charge in [0.15, 0.2) is 0 Å². The number of hydrogen-bond acceptors (Lipinski definition) is 8. The SMILES string of the molecule is CS(=O)(=O)O.OC1CCC(NCCOc2ccc(C3CCC4(CC3)OOC3(O4)C4CC5CC(C4)CC3C5)cc2)CC1. The molecule has 9 nitrogen and oxygen atoms in total. The Labute approximate surface area is 244 Å². The zero-order valence-corrected chi connectivity index (χ0v) is 25.0. The van der Waals surface area contributed by atoms with Crippen molar-refractivity contribution in [1.29, 1.82) is 0 Å². The normalized spacial score (nSPS) is 41.4. The third-order valence-electron chi connectivity index (χ3n) is 10.5. The van der Waals surface area contributed by atoms with Crippen molar-refractivity contribution in [2.24, 2.45) is 23.7 Å². The van der Waals surface area contributed by atoms with Crippen molar-refractivity contribution in [1.82, 2.24) is 5.32 Å². The Kier molecular flexibility index (Phi) is 8.73. The van der Waals surface area contributed by atoms with Crippen LogP contribution in [0.5, 0.6) is 5.75 Å². The zero-order chi connectivity index (χ0) is 28.7. The molecule has 7 aliphatic rings. The highest BCUT2D eigenvalue weighted by Crippen LogP contribution is 2.64. The molecule has 0 aromatic heterocycles. The zero-order valence-electron chi connectivity index (χ0n) is 24.2. The van der Waals surface area contributed by atoms with Gasteiger partial charge in [-0.05, 0) is 106 Å². The standard InChI is InChI=1S/C30H43NO5.CH4O3S/c32-27-5-3-26(4-6-27)31-13-14-33-28-7-1-22(2-8-28)23-9-11-29(12-10-23)34-30(36-35-29)24-16-20-15-21(18-24)19-25(30)17-20;1-5(2,3)4/h1-2,7-8,20-21,23-27,31-32H,3-6,9-19H2;1H3,(H,2,3,4). The van der Waals surface area contributed by atoms with E-state index in [1.165, 1.54) is 37.7 Å². The molecule has 1 aromatic rings. The minimum atomic E-state index is -3.67. The fourth-order valence-electron chi connectivity index (χ4n) is 8.73. The molecule has 0 atom stereocenters. The minimum absolute atomic E-state index is 0.0993. The molecule has 1 saturated heterocycles. The topological polar surface area (TPSA) is 124 Å². The maximum absolute atomic E-state index is 9.64. The number of rotatable bonds is 6. The summed E-state index contributed by atoms with van der Waals surface area (Å²) >= 11 is 0. The molecule has 230 valence electrons. The predicted octanol–water partition coefficient (Wildman–Crippen LogP) is 4.95. The van der Waals surface area contributed by atoms with Gasteiger partial charge in [0.05, 0.1) is 12.4 Å². The van der Waals surface area contributed by atoms with Crippen molar-refractivity contribution < 1.29 is 37.3 Å². The average Bonchev–Trinajstić information content (AvgIpc) is 3.30. The lowest BCUT2D eigenvalue weighted by Crippen LogP contribution is -2.59. The molecular weight excluding hydrogens is 546 g/mol. The highest BCUT2D eigenvalue weighted by Gasteiger charge is 2.66. The van der Waals surface area contributed by atoms with Gasteiger partial charge in [-0.3, -0.25) is 4.55 Å². The summed E-state index contributed by atoms with van der Waals surface area (Å²) in [6.07, 6.45) is 15.0. The monoisotopic (exact) mass is 593 g/mol. The molecule has 6 aliphatic carbocycles. The first-order chi connectivity index (χ1) is 19.6. The predicted molar refractivity (Wildman–Crippen MR) is 153 cm³/mol. The van der Waals surface area contributed by atoms with E-state index in [1.807, 2.05) is 0 Å². The number of ether oxygens (including phenoxy) is 2. The van der Waals surface area contributed by atoms with Crippen LogP contribution < -0.4 is 10.1 Å². The van der Waals surface area contributed by atoms with Gasteiger partial charge in [-0.15, -0.1) is 0 Å². The van der Waals surface area contributed by atoms with Crippen LogP contribution in [0.25, 0.3) is 0 Å². The fourth-order valence-corrected chi connectivity index (χ4v) is 8.73. The lowest BCUT2D eigenvalue weighted by molar-refractivity contribution is -0.390. The van der Waals surface area contributed by atoms with E-state index in [-0.39, 0.29) is 6.10 Å². The molecule has 4 bridgehead atoms. The summed E-state index contributed by atoms with van der Waals surface area (Å²) in [6.45, 7) is 1.52. The first-order valence-corrected chi connectivity index (χ1v) is 17.6. The molecule has 6 saturated carbocycles. The average molecular weight is 594 g/mol. The second-order valence-corrected chi connectivity index (χ2v) is 15.1. The Hall–Kier alpha value is -1.27.